The van der Waals surface area contributed by atoms with E-state index >= 15 is 0 Å². The van der Waals surface area contributed by atoms with Crippen molar-refractivity contribution in [2.45, 2.75) is 69.2 Å². The second-order valence-corrected chi connectivity index (χ2v) is 12.3. The fourth-order valence-electron chi connectivity index (χ4n) is 5.02. The van der Waals surface area contributed by atoms with Gasteiger partial charge in [0.25, 0.3) is 0 Å². The van der Waals surface area contributed by atoms with E-state index in [0.29, 0.717) is 25.6 Å². The fourth-order valence-corrected chi connectivity index (χ4v) is 7.66. The zero-order valence-electron chi connectivity index (χ0n) is 20.5. The minimum Gasteiger partial charge on any atom is -0.497 e. The first-order valence-electron chi connectivity index (χ1n) is 12.3. The smallest absolute Gasteiger partial charge is 0.233 e. The fraction of sp³-hybridized carbons (Fsp3) is 0.625. The second-order valence-electron chi connectivity index (χ2n) is 9.17. The average molecular weight is 522 g/mol. The molecule has 9 nitrogen and oxygen atoms in total. The van der Waals surface area contributed by atoms with Crippen LogP contribution in [0.3, 0.4) is 0 Å². The Morgan fingerprint density at radius 1 is 1.23 bits per heavy atom. The van der Waals surface area contributed by atoms with Gasteiger partial charge in [-0.15, -0.1) is 10.2 Å². The highest BCUT2D eigenvalue weighted by atomic mass is 32.2. The van der Waals surface area contributed by atoms with Gasteiger partial charge in [-0.05, 0) is 38.3 Å². The first-order chi connectivity index (χ1) is 16.9. The van der Waals surface area contributed by atoms with Crippen LogP contribution in [0.2, 0.25) is 0 Å². The number of ether oxygens (including phenoxy) is 1. The van der Waals surface area contributed by atoms with Crippen LogP contribution in [0.25, 0.3) is 0 Å². The zero-order chi connectivity index (χ0) is 24.8. The van der Waals surface area contributed by atoms with Crippen molar-refractivity contribution in [2.24, 2.45) is 0 Å². The number of anilines is 1. The standard InChI is InChI=1S/C24H35N5O4S2/c1-3-28(20-12-13-35(31,32)17-20)23(30)16-34-24-27-26-22(29(24)19-9-5-4-6-10-19)15-25-18-8-7-11-21(14-18)33-2/h7-8,11,14,19-20,25H,3-6,9-10,12-13,15-17H2,1-2H3/t20-/m1/s1. The van der Waals surface area contributed by atoms with Crippen LogP contribution < -0.4 is 10.1 Å². The lowest BCUT2D eigenvalue weighted by Crippen LogP contribution is -2.42. The number of benzene rings is 1. The maximum absolute atomic E-state index is 13.0. The SMILES string of the molecule is CCN(C(=O)CSc1nnc(CNc2cccc(OC)c2)n1C1CCCCC1)[C@@H]1CCS(=O)(=O)C1. The predicted molar refractivity (Wildman–Crippen MR) is 138 cm³/mol. The number of rotatable bonds is 10. The van der Waals surface area contributed by atoms with E-state index in [4.69, 9.17) is 4.74 Å². The molecule has 4 rings (SSSR count). The van der Waals surface area contributed by atoms with Gasteiger partial charge in [0.05, 0.1) is 30.9 Å². The highest BCUT2D eigenvalue weighted by molar-refractivity contribution is 7.99. The summed E-state index contributed by atoms with van der Waals surface area (Å²) in [4.78, 5) is 14.8. The van der Waals surface area contributed by atoms with E-state index in [2.05, 4.69) is 20.1 Å². The Bertz CT molecular complexity index is 1110. The van der Waals surface area contributed by atoms with Crippen molar-refractivity contribution >= 4 is 33.2 Å². The third-order valence-electron chi connectivity index (χ3n) is 6.83. The van der Waals surface area contributed by atoms with Gasteiger partial charge in [0.15, 0.2) is 20.8 Å². The molecule has 192 valence electrons. The van der Waals surface area contributed by atoms with Crippen LogP contribution in [0.5, 0.6) is 5.75 Å². The number of thioether (sulfide) groups is 1. The number of hydrogen-bond acceptors (Lipinski definition) is 8. The quantitative estimate of drug-likeness (QED) is 0.473. The number of nitrogens with one attached hydrogen (secondary N) is 1. The predicted octanol–water partition coefficient (Wildman–Crippen LogP) is 3.53. The number of nitrogens with zero attached hydrogens (tertiary/aromatic N) is 4. The monoisotopic (exact) mass is 521 g/mol. The maximum atomic E-state index is 13.0. The molecule has 1 atom stereocenters. The Balaban J connectivity index is 1.46. The molecule has 0 bridgehead atoms. The highest BCUT2D eigenvalue weighted by Gasteiger charge is 2.34. The van der Waals surface area contributed by atoms with E-state index < -0.39 is 9.84 Å². The lowest BCUT2D eigenvalue weighted by molar-refractivity contribution is -0.129. The maximum Gasteiger partial charge on any atom is 0.233 e. The van der Waals surface area contributed by atoms with E-state index in [1.807, 2.05) is 31.2 Å². The van der Waals surface area contributed by atoms with E-state index in [1.54, 1.807) is 12.0 Å². The number of carbonyl (C=O) groups is 1. The van der Waals surface area contributed by atoms with Gasteiger partial charge in [-0.1, -0.05) is 37.1 Å². The van der Waals surface area contributed by atoms with Crippen molar-refractivity contribution in [1.82, 2.24) is 19.7 Å². The molecule has 2 aromatic rings. The average Bonchev–Trinajstić information content (AvgIpc) is 3.44. The molecule has 0 spiro atoms. The molecule has 1 saturated heterocycles. The van der Waals surface area contributed by atoms with Gasteiger partial charge in [0, 0.05) is 30.4 Å². The summed E-state index contributed by atoms with van der Waals surface area (Å²) in [7, 11) is -1.40. The Labute approximate surface area is 211 Å². The first-order valence-corrected chi connectivity index (χ1v) is 15.1. The third-order valence-corrected chi connectivity index (χ3v) is 9.51. The minimum absolute atomic E-state index is 0.0474. The lowest BCUT2D eigenvalue weighted by atomic mass is 9.95. The van der Waals surface area contributed by atoms with Crippen LogP contribution in [0.1, 0.15) is 57.3 Å². The van der Waals surface area contributed by atoms with E-state index in [0.717, 1.165) is 35.3 Å². The molecule has 0 unspecified atom stereocenters. The number of hydrogen-bond donors (Lipinski definition) is 1. The number of aromatic nitrogens is 3. The molecule has 11 heteroatoms. The molecular weight excluding hydrogens is 486 g/mol. The highest BCUT2D eigenvalue weighted by Crippen LogP contribution is 2.33. The molecule has 1 N–H and O–H groups in total. The van der Waals surface area contributed by atoms with Gasteiger partial charge in [-0.3, -0.25) is 4.79 Å². The van der Waals surface area contributed by atoms with Crippen molar-refractivity contribution in [3.8, 4) is 5.75 Å². The topological polar surface area (TPSA) is 106 Å². The van der Waals surface area contributed by atoms with Crippen molar-refractivity contribution in [2.75, 3.05) is 36.2 Å². The van der Waals surface area contributed by atoms with E-state index in [-0.39, 0.29) is 29.2 Å². The Hall–Kier alpha value is -2.27. The molecule has 1 aliphatic heterocycles. The van der Waals surface area contributed by atoms with Gasteiger partial charge in [-0.25, -0.2) is 8.42 Å². The van der Waals surface area contributed by atoms with E-state index in [1.165, 1.54) is 31.0 Å². The lowest BCUT2D eigenvalue weighted by Gasteiger charge is -2.27. The summed E-state index contributed by atoms with van der Waals surface area (Å²) >= 11 is 1.40. The summed E-state index contributed by atoms with van der Waals surface area (Å²) in [5, 5.41) is 13.1. The second kappa shape index (κ2) is 11.6. The molecule has 1 aromatic carbocycles. The normalized spacial score (nSPS) is 20.0. The van der Waals surface area contributed by atoms with Gasteiger partial charge in [0.2, 0.25) is 5.91 Å². The minimum atomic E-state index is -3.04. The molecule has 1 saturated carbocycles. The zero-order valence-corrected chi connectivity index (χ0v) is 22.1. The van der Waals surface area contributed by atoms with Crippen LogP contribution in [0.15, 0.2) is 29.4 Å². The number of sulfone groups is 1. The third kappa shape index (κ3) is 6.49. The van der Waals surface area contributed by atoms with Crippen molar-refractivity contribution < 1.29 is 17.9 Å². The van der Waals surface area contributed by atoms with Crippen molar-refractivity contribution in [3.63, 3.8) is 0 Å². The summed E-state index contributed by atoms with van der Waals surface area (Å²) < 4.78 is 31.3. The van der Waals surface area contributed by atoms with Gasteiger partial charge >= 0.3 is 0 Å². The molecular formula is C24H35N5O4S2. The Morgan fingerprint density at radius 2 is 2.03 bits per heavy atom. The van der Waals surface area contributed by atoms with Crippen LogP contribution >= 0.6 is 11.8 Å². The van der Waals surface area contributed by atoms with Gasteiger partial charge in [0.1, 0.15) is 5.75 Å². The summed E-state index contributed by atoms with van der Waals surface area (Å²) in [6, 6.07) is 7.87. The first kappa shape index (κ1) is 25.8. The van der Waals surface area contributed by atoms with Gasteiger partial charge < -0.3 is 19.5 Å². The molecule has 1 aliphatic carbocycles. The molecule has 1 aromatic heterocycles. The molecule has 2 fully saturated rings. The molecule has 0 radical (unpaired) electrons. The summed E-state index contributed by atoms with van der Waals surface area (Å²) in [6.07, 6.45) is 6.26. The Morgan fingerprint density at radius 3 is 2.71 bits per heavy atom. The number of methoxy groups -OCH3 is 1. The molecule has 1 amide bonds. The molecule has 35 heavy (non-hydrogen) atoms. The van der Waals surface area contributed by atoms with E-state index in [9.17, 15) is 13.2 Å². The number of carbonyl (C=O) groups excluding carboxylic acids is 1. The van der Waals surface area contributed by atoms with Crippen LogP contribution in [0.4, 0.5) is 5.69 Å². The molecule has 2 heterocycles. The van der Waals surface area contributed by atoms with Crippen LogP contribution in [-0.4, -0.2) is 70.9 Å². The van der Waals surface area contributed by atoms with Gasteiger partial charge in [-0.2, -0.15) is 0 Å². The summed E-state index contributed by atoms with van der Waals surface area (Å²) in [6.45, 7) is 2.93. The summed E-state index contributed by atoms with van der Waals surface area (Å²) in [5.41, 5.74) is 0.942. The number of amides is 1. The van der Waals surface area contributed by atoms with Crippen molar-refractivity contribution in [1.29, 1.82) is 0 Å². The van der Waals surface area contributed by atoms with Crippen LogP contribution in [-0.2, 0) is 21.2 Å². The summed E-state index contributed by atoms with van der Waals surface area (Å²) in [5.74, 6) is 2.04. The largest absolute Gasteiger partial charge is 0.497 e. The molecule has 2 aliphatic rings. The van der Waals surface area contributed by atoms with Crippen LogP contribution in [0, 0.1) is 0 Å². The Kier molecular flexibility index (Phi) is 8.59. The van der Waals surface area contributed by atoms with Crippen molar-refractivity contribution in [3.05, 3.63) is 30.1 Å².